The molecule has 1 aromatic rings. The maximum atomic E-state index is 12.0. The fourth-order valence-electron chi connectivity index (χ4n) is 2.43. The molecule has 0 aromatic carbocycles. The van der Waals surface area contributed by atoms with E-state index in [1.807, 2.05) is 0 Å². The van der Waals surface area contributed by atoms with Gasteiger partial charge in [-0.1, -0.05) is 0 Å². The maximum Gasteiger partial charge on any atom is 0.289 e. The molecular formula is C15H24BrClN4O3. The SMILES string of the molecule is CN(CC(=O)NCCCN1CCNCC1)C(=O)c1ccc(Br)o1.Cl. The molecule has 9 heteroatoms. The molecule has 2 amide bonds. The van der Waals surface area contributed by atoms with Gasteiger partial charge in [-0.05, 0) is 41.0 Å². The predicted octanol–water partition coefficient (Wildman–Crippen LogP) is 0.947. The lowest BCUT2D eigenvalue weighted by Gasteiger charge is -2.27. The topological polar surface area (TPSA) is 77.8 Å². The van der Waals surface area contributed by atoms with Crippen molar-refractivity contribution in [2.75, 3.05) is 52.9 Å². The van der Waals surface area contributed by atoms with E-state index in [0.29, 0.717) is 11.2 Å². The molecule has 0 atom stereocenters. The van der Waals surface area contributed by atoms with Crippen LogP contribution in [0.25, 0.3) is 0 Å². The monoisotopic (exact) mass is 422 g/mol. The standard InChI is InChI=1S/C15H23BrN4O3.ClH/c1-19(15(22)12-3-4-13(16)23-12)11-14(21)18-5-2-8-20-9-6-17-7-10-20;/h3-4,17H,2,5-11H2,1H3,(H,18,21);1H. The normalized spacial score (nSPS) is 14.8. The summed E-state index contributed by atoms with van der Waals surface area (Å²) < 4.78 is 5.69. The third-order valence-corrected chi connectivity index (χ3v) is 4.12. The first-order valence-electron chi connectivity index (χ1n) is 7.77. The molecule has 1 fully saturated rings. The first-order chi connectivity index (χ1) is 11.1. The van der Waals surface area contributed by atoms with Gasteiger partial charge in [0.05, 0.1) is 6.54 Å². The third-order valence-electron chi connectivity index (χ3n) is 3.69. The zero-order valence-electron chi connectivity index (χ0n) is 13.7. The van der Waals surface area contributed by atoms with Crippen molar-refractivity contribution < 1.29 is 14.0 Å². The molecule has 7 nitrogen and oxygen atoms in total. The van der Waals surface area contributed by atoms with E-state index in [0.717, 1.165) is 39.1 Å². The second-order valence-electron chi connectivity index (χ2n) is 5.56. The number of hydrogen-bond acceptors (Lipinski definition) is 5. The molecule has 0 spiro atoms. The van der Waals surface area contributed by atoms with Crippen molar-refractivity contribution in [3.63, 3.8) is 0 Å². The van der Waals surface area contributed by atoms with Crippen molar-refractivity contribution in [3.8, 4) is 0 Å². The van der Waals surface area contributed by atoms with Gasteiger partial charge in [0.15, 0.2) is 10.4 Å². The zero-order chi connectivity index (χ0) is 16.7. The van der Waals surface area contributed by atoms with Gasteiger partial charge in [-0.3, -0.25) is 9.59 Å². The van der Waals surface area contributed by atoms with Crippen molar-refractivity contribution in [2.24, 2.45) is 0 Å². The summed E-state index contributed by atoms with van der Waals surface area (Å²) in [6.45, 7) is 5.80. The van der Waals surface area contributed by atoms with Gasteiger partial charge in [-0.2, -0.15) is 0 Å². The molecule has 1 aromatic heterocycles. The lowest BCUT2D eigenvalue weighted by atomic mass is 10.3. The summed E-state index contributed by atoms with van der Waals surface area (Å²) in [5, 5.41) is 6.16. The molecular weight excluding hydrogens is 400 g/mol. The van der Waals surface area contributed by atoms with E-state index >= 15 is 0 Å². The van der Waals surface area contributed by atoms with E-state index < -0.39 is 0 Å². The van der Waals surface area contributed by atoms with Crippen LogP contribution in [-0.4, -0.2) is 74.5 Å². The second kappa shape index (κ2) is 10.7. The van der Waals surface area contributed by atoms with Gasteiger partial charge < -0.3 is 24.9 Å². The van der Waals surface area contributed by atoms with Crippen molar-refractivity contribution in [3.05, 3.63) is 22.6 Å². The van der Waals surface area contributed by atoms with Crippen molar-refractivity contribution in [1.29, 1.82) is 0 Å². The Bertz CT molecular complexity index is 535. The van der Waals surface area contributed by atoms with Crippen LogP contribution in [0.4, 0.5) is 0 Å². The molecule has 2 heterocycles. The predicted molar refractivity (Wildman–Crippen MR) is 97.6 cm³/mol. The number of halogens is 2. The number of piperazine rings is 1. The Morgan fingerprint density at radius 1 is 1.38 bits per heavy atom. The number of carbonyl (C=O) groups is 2. The van der Waals surface area contributed by atoms with Crippen LogP contribution in [0.3, 0.4) is 0 Å². The van der Waals surface area contributed by atoms with Gasteiger partial charge in [0.25, 0.3) is 5.91 Å². The number of hydrogen-bond donors (Lipinski definition) is 2. The summed E-state index contributed by atoms with van der Waals surface area (Å²) in [6.07, 6.45) is 0.911. The number of nitrogens with one attached hydrogen (secondary N) is 2. The molecule has 0 aliphatic carbocycles. The number of nitrogens with zero attached hydrogens (tertiary/aromatic N) is 2. The average Bonchev–Trinajstić information content (AvgIpc) is 2.98. The zero-order valence-corrected chi connectivity index (χ0v) is 16.1. The largest absolute Gasteiger partial charge is 0.444 e. The molecule has 1 aliphatic heterocycles. The Morgan fingerprint density at radius 3 is 2.71 bits per heavy atom. The minimum Gasteiger partial charge on any atom is -0.444 e. The summed E-state index contributed by atoms with van der Waals surface area (Å²) in [4.78, 5) is 27.7. The lowest BCUT2D eigenvalue weighted by molar-refractivity contribution is -0.121. The number of rotatable bonds is 7. The third kappa shape index (κ3) is 6.80. The Hall–Kier alpha value is -1.09. The highest BCUT2D eigenvalue weighted by atomic mass is 79.9. The van der Waals surface area contributed by atoms with Gasteiger partial charge in [0, 0.05) is 39.8 Å². The van der Waals surface area contributed by atoms with Crippen LogP contribution in [-0.2, 0) is 4.79 Å². The molecule has 24 heavy (non-hydrogen) atoms. The van der Waals surface area contributed by atoms with Gasteiger partial charge in [-0.15, -0.1) is 12.4 Å². The fraction of sp³-hybridized carbons (Fsp3) is 0.600. The molecule has 0 bridgehead atoms. The summed E-state index contributed by atoms with van der Waals surface area (Å²) in [7, 11) is 1.58. The van der Waals surface area contributed by atoms with Crippen LogP contribution in [0, 0.1) is 0 Å². The van der Waals surface area contributed by atoms with Gasteiger partial charge in [0.1, 0.15) is 0 Å². The van der Waals surface area contributed by atoms with Gasteiger partial charge in [-0.25, -0.2) is 0 Å². The Balaban J connectivity index is 0.00000288. The van der Waals surface area contributed by atoms with Crippen molar-refractivity contribution >= 4 is 40.2 Å². The summed E-state index contributed by atoms with van der Waals surface area (Å²) >= 11 is 3.15. The molecule has 1 saturated heterocycles. The highest BCUT2D eigenvalue weighted by Crippen LogP contribution is 2.15. The van der Waals surface area contributed by atoms with E-state index in [4.69, 9.17) is 4.42 Å². The molecule has 2 rings (SSSR count). The number of furan rings is 1. The van der Waals surface area contributed by atoms with Gasteiger partial charge in [0.2, 0.25) is 5.91 Å². The summed E-state index contributed by atoms with van der Waals surface area (Å²) in [5.74, 6) is -0.260. The van der Waals surface area contributed by atoms with Gasteiger partial charge >= 0.3 is 0 Å². The van der Waals surface area contributed by atoms with Crippen LogP contribution < -0.4 is 10.6 Å². The van der Waals surface area contributed by atoms with E-state index in [1.54, 1.807) is 19.2 Å². The van der Waals surface area contributed by atoms with E-state index in [1.165, 1.54) is 4.90 Å². The van der Waals surface area contributed by atoms with Crippen LogP contribution >= 0.6 is 28.3 Å². The van der Waals surface area contributed by atoms with Crippen LogP contribution in [0.1, 0.15) is 17.0 Å². The number of amides is 2. The Morgan fingerprint density at radius 2 is 2.08 bits per heavy atom. The van der Waals surface area contributed by atoms with Crippen LogP contribution in [0.15, 0.2) is 21.2 Å². The van der Waals surface area contributed by atoms with E-state index in [9.17, 15) is 9.59 Å². The molecule has 2 N–H and O–H groups in total. The highest BCUT2D eigenvalue weighted by molar-refractivity contribution is 9.10. The number of likely N-dealkylation sites (N-methyl/N-ethyl adjacent to an activating group) is 1. The highest BCUT2D eigenvalue weighted by Gasteiger charge is 2.18. The first kappa shape index (κ1) is 21.0. The molecule has 0 radical (unpaired) electrons. The first-order valence-corrected chi connectivity index (χ1v) is 8.56. The summed E-state index contributed by atoms with van der Waals surface area (Å²) in [5.41, 5.74) is 0. The minimum absolute atomic E-state index is 0. The quantitative estimate of drug-likeness (QED) is 0.639. The average molecular weight is 424 g/mol. The second-order valence-corrected chi connectivity index (χ2v) is 6.34. The Kier molecular flexibility index (Phi) is 9.35. The Labute approximate surface area is 156 Å². The molecule has 1 aliphatic rings. The maximum absolute atomic E-state index is 12.0. The van der Waals surface area contributed by atoms with Crippen LogP contribution in [0.5, 0.6) is 0 Å². The molecule has 0 saturated carbocycles. The number of carbonyl (C=O) groups excluding carboxylic acids is 2. The van der Waals surface area contributed by atoms with E-state index in [-0.39, 0.29) is 36.5 Å². The fourth-order valence-corrected chi connectivity index (χ4v) is 2.73. The van der Waals surface area contributed by atoms with E-state index in [2.05, 4.69) is 31.5 Å². The smallest absolute Gasteiger partial charge is 0.289 e. The summed E-state index contributed by atoms with van der Waals surface area (Å²) in [6, 6.07) is 3.23. The van der Waals surface area contributed by atoms with Crippen molar-refractivity contribution in [1.82, 2.24) is 20.4 Å². The molecule has 0 unspecified atom stereocenters. The molecule has 136 valence electrons. The lowest BCUT2D eigenvalue weighted by Crippen LogP contribution is -2.44. The van der Waals surface area contributed by atoms with Crippen molar-refractivity contribution in [2.45, 2.75) is 6.42 Å². The minimum atomic E-state index is -0.313. The van der Waals surface area contributed by atoms with Crippen LogP contribution in [0.2, 0.25) is 0 Å².